The second kappa shape index (κ2) is 5.05. The predicted molar refractivity (Wildman–Crippen MR) is 79.2 cm³/mol. The average molecular weight is 254 g/mol. The highest BCUT2D eigenvalue weighted by Crippen LogP contribution is 2.31. The molecule has 1 aliphatic rings. The van der Waals surface area contributed by atoms with Crippen LogP contribution in [0.2, 0.25) is 6.04 Å². The Labute approximate surface area is 109 Å². The van der Waals surface area contributed by atoms with E-state index in [0.29, 0.717) is 0 Å². The molecule has 0 aromatic rings. The molecule has 100 valence electrons. The van der Waals surface area contributed by atoms with Crippen molar-refractivity contribution in [2.75, 3.05) is 0 Å². The first-order valence-corrected chi connectivity index (χ1v) is 8.78. The van der Waals surface area contributed by atoms with Crippen LogP contribution in [-0.2, 0) is 0 Å². The van der Waals surface area contributed by atoms with Crippen LogP contribution in [-0.4, -0.2) is 29.3 Å². The third kappa shape index (κ3) is 3.51. The summed E-state index contributed by atoms with van der Waals surface area (Å²) in [7, 11) is -1.02. The van der Waals surface area contributed by atoms with Crippen LogP contribution in [0.15, 0.2) is 12.4 Å². The van der Waals surface area contributed by atoms with Gasteiger partial charge < -0.3 is 9.13 Å². The van der Waals surface area contributed by atoms with E-state index >= 15 is 0 Å². The predicted octanol–water partition coefficient (Wildman–Crippen LogP) is 3.69. The molecule has 0 aliphatic carbocycles. The Morgan fingerprint density at radius 3 is 1.59 bits per heavy atom. The van der Waals surface area contributed by atoms with Crippen LogP contribution in [0.1, 0.15) is 61.3 Å². The van der Waals surface area contributed by atoms with Crippen LogP contribution in [0.5, 0.6) is 0 Å². The summed E-state index contributed by atoms with van der Waals surface area (Å²) in [6.45, 7) is 16.3. The monoisotopic (exact) mass is 254 g/mol. The van der Waals surface area contributed by atoms with Crippen LogP contribution in [0.3, 0.4) is 0 Å². The highest BCUT2D eigenvalue weighted by Gasteiger charge is 2.38. The first-order valence-electron chi connectivity index (χ1n) is 6.93. The second-order valence-electron chi connectivity index (χ2n) is 7.08. The van der Waals surface area contributed by atoms with E-state index < -0.39 is 9.12 Å². The van der Waals surface area contributed by atoms with Crippen molar-refractivity contribution in [2.24, 2.45) is 0 Å². The molecule has 0 bridgehead atoms. The molecule has 0 spiro atoms. The molecule has 0 aromatic heterocycles. The largest absolute Gasteiger partial charge is 0.383 e. The molecule has 1 rings (SSSR count). The Hall–Kier alpha value is -0.443. The molecule has 0 aromatic carbocycles. The molecule has 1 aliphatic heterocycles. The summed E-state index contributed by atoms with van der Waals surface area (Å²) in [4.78, 5) is 0. The minimum absolute atomic E-state index is 0.265. The molecule has 3 heteroatoms. The zero-order chi connectivity index (χ0) is 13.3. The zero-order valence-corrected chi connectivity index (χ0v) is 13.9. The standard InChI is InChI=1S/C14H30N2Si/c1-8-9-12-17-15(13(2,3)4)10-11-16(17)14(5,6)7/h10-11,17H,8-9,12H2,1-7H3. The molecule has 0 radical (unpaired) electrons. The lowest BCUT2D eigenvalue weighted by Crippen LogP contribution is -2.56. The van der Waals surface area contributed by atoms with Gasteiger partial charge in [-0.15, -0.1) is 0 Å². The van der Waals surface area contributed by atoms with Gasteiger partial charge in [0.2, 0.25) is 9.12 Å². The maximum Gasteiger partial charge on any atom is 0.247 e. The average Bonchev–Trinajstić information content (AvgIpc) is 2.56. The van der Waals surface area contributed by atoms with Crippen LogP contribution >= 0.6 is 0 Å². The van der Waals surface area contributed by atoms with E-state index in [1.165, 1.54) is 18.9 Å². The summed E-state index contributed by atoms with van der Waals surface area (Å²) >= 11 is 0. The van der Waals surface area contributed by atoms with Gasteiger partial charge in [0, 0.05) is 23.5 Å². The maximum atomic E-state index is 2.65. The molecule has 0 saturated carbocycles. The van der Waals surface area contributed by atoms with E-state index in [0.717, 1.165) is 0 Å². The fraction of sp³-hybridized carbons (Fsp3) is 0.857. The molecule has 0 fully saturated rings. The summed E-state index contributed by atoms with van der Waals surface area (Å²) in [5.41, 5.74) is 0.530. The number of hydrogen-bond acceptors (Lipinski definition) is 2. The van der Waals surface area contributed by atoms with Crippen molar-refractivity contribution < 1.29 is 0 Å². The normalized spacial score (nSPS) is 18.3. The minimum Gasteiger partial charge on any atom is -0.383 e. The topological polar surface area (TPSA) is 6.48 Å². The summed E-state index contributed by atoms with van der Waals surface area (Å²) in [5.74, 6) is 0. The highest BCUT2D eigenvalue weighted by atomic mass is 28.3. The smallest absolute Gasteiger partial charge is 0.247 e. The number of nitrogens with zero attached hydrogens (tertiary/aromatic N) is 2. The lowest BCUT2D eigenvalue weighted by molar-refractivity contribution is 0.278. The lowest BCUT2D eigenvalue weighted by atomic mass is 10.1. The summed E-state index contributed by atoms with van der Waals surface area (Å²) in [5, 5.41) is 0. The molecule has 1 heterocycles. The van der Waals surface area contributed by atoms with Gasteiger partial charge in [0.25, 0.3) is 0 Å². The van der Waals surface area contributed by atoms with Crippen molar-refractivity contribution in [3.8, 4) is 0 Å². The van der Waals surface area contributed by atoms with Crippen LogP contribution < -0.4 is 0 Å². The fourth-order valence-corrected chi connectivity index (χ4v) is 6.42. The van der Waals surface area contributed by atoms with Gasteiger partial charge in [-0.2, -0.15) is 0 Å². The third-order valence-electron chi connectivity index (χ3n) is 3.40. The van der Waals surface area contributed by atoms with Crippen molar-refractivity contribution in [3.63, 3.8) is 0 Å². The van der Waals surface area contributed by atoms with Gasteiger partial charge in [-0.3, -0.25) is 0 Å². The fourth-order valence-electron chi connectivity index (χ4n) is 2.48. The van der Waals surface area contributed by atoms with E-state index in [1.54, 1.807) is 0 Å². The van der Waals surface area contributed by atoms with E-state index in [9.17, 15) is 0 Å². The Balaban J connectivity index is 2.86. The minimum atomic E-state index is -1.02. The zero-order valence-electron chi connectivity index (χ0n) is 12.7. The van der Waals surface area contributed by atoms with E-state index in [4.69, 9.17) is 0 Å². The maximum absolute atomic E-state index is 2.65. The Bertz CT molecular complexity index is 249. The molecular formula is C14H30N2Si. The van der Waals surface area contributed by atoms with Gasteiger partial charge in [0.15, 0.2) is 0 Å². The van der Waals surface area contributed by atoms with Crippen molar-refractivity contribution in [1.29, 1.82) is 0 Å². The van der Waals surface area contributed by atoms with Gasteiger partial charge in [-0.1, -0.05) is 19.8 Å². The Morgan fingerprint density at radius 2 is 1.29 bits per heavy atom. The highest BCUT2D eigenvalue weighted by molar-refractivity contribution is 6.54. The summed E-state index contributed by atoms with van der Waals surface area (Å²) in [6, 6.07) is 1.39. The van der Waals surface area contributed by atoms with Crippen molar-refractivity contribution >= 4 is 9.12 Å². The molecule has 17 heavy (non-hydrogen) atoms. The summed E-state index contributed by atoms with van der Waals surface area (Å²) in [6.07, 6.45) is 7.33. The third-order valence-corrected chi connectivity index (χ3v) is 7.50. The molecule has 2 nitrogen and oxygen atoms in total. The lowest BCUT2D eigenvalue weighted by Gasteiger charge is -2.44. The second-order valence-corrected chi connectivity index (χ2v) is 9.73. The van der Waals surface area contributed by atoms with Gasteiger partial charge in [-0.25, -0.2) is 0 Å². The van der Waals surface area contributed by atoms with E-state index in [2.05, 4.69) is 70.0 Å². The van der Waals surface area contributed by atoms with Crippen molar-refractivity contribution in [2.45, 2.75) is 78.4 Å². The molecule has 0 saturated heterocycles. The first-order chi connectivity index (χ1) is 7.68. The van der Waals surface area contributed by atoms with Crippen LogP contribution in [0, 0.1) is 0 Å². The SMILES string of the molecule is CCCC[SiH]1N(C(C)(C)C)C=CN1C(C)(C)C. The van der Waals surface area contributed by atoms with Crippen LogP contribution in [0.4, 0.5) is 0 Å². The van der Waals surface area contributed by atoms with E-state index in [-0.39, 0.29) is 11.1 Å². The van der Waals surface area contributed by atoms with Crippen molar-refractivity contribution in [1.82, 2.24) is 9.13 Å². The molecule has 0 N–H and O–H groups in total. The van der Waals surface area contributed by atoms with Gasteiger partial charge in [-0.05, 0) is 47.6 Å². The van der Waals surface area contributed by atoms with Gasteiger partial charge in [0.1, 0.15) is 0 Å². The molecule has 0 atom stereocenters. The van der Waals surface area contributed by atoms with Crippen molar-refractivity contribution in [3.05, 3.63) is 12.4 Å². The summed E-state index contributed by atoms with van der Waals surface area (Å²) < 4.78 is 5.29. The van der Waals surface area contributed by atoms with Gasteiger partial charge >= 0.3 is 0 Å². The molecule has 0 unspecified atom stereocenters. The Morgan fingerprint density at radius 1 is 0.882 bits per heavy atom. The molecular weight excluding hydrogens is 224 g/mol. The van der Waals surface area contributed by atoms with Gasteiger partial charge in [0.05, 0.1) is 0 Å². The van der Waals surface area contributed by atoms with Crippen LogP contribution in [0.25, 0.3) is 0 Å². The number of hydrogen-bond donors (Lipinski definition) is 0. The molecule has 0 amide bonds. The number of rotatable bonds is 3. The first kappa shape index (κ1) is 14.6. The quantitative estimate of drug-likeness (QED) is 0.709. The number of unbranched alkanes of at least 4 members (excludes halogenated alkanes) is 1. The Kier molecular flexibility index (Phi) is 4.34. The van der Waals surface area contributed by atoms with E-state index in [1.807, 2.05) is 0 Å².